The molecule has 0 radical (unpaired) electrons. The van der Waals surface area contributed by atoms with Crippen LogP contribution in [0.2, 0.25) is 0 Å². The molecule has 36 heavy (non-hydrogen) atoms. The summed E-state index contributed by atoms with van der Waals surface area (Å²) in [6.07, 6.45) is 0.600. The Morgan fingerprint density at radius 3 is 2.31 bits per heavy atom. The van der Waals surface area contributed by atoms with Crippen LogP contribution >= 0.6 is 0 Å². The van der Waals surface area contributed by atoms with E-state index in [0.29, 0.717) is 12.0 Å². The Kier molecular flexibility index (Phi) is 6.31. The molecule has 3 unspecified atom stereocenters. The monoisotopic (exact) mass is 499 g/mol. The molecule has 1 fully saturated rings. The molecule has 2 aliphatic rings. The first-order valence-corrected chi connectivity index (χ1v) is 10.9. The van der Waals surface area contributed by atoms with Gasteiger partial charge in [-0.05, 0) is 18.4 Å². The number of hydrogen-bond donors (Lipinski definition) is 1. The summed E-state index contributed by atoms with van der Waals surface area (Å²) < 4.78 is 14.5. The number of β-lactam (4-membered cyclic amide) rings is 1. The van der Waals surface area contributed by atoms with Gasteiger partial charge < -0.3 is 24.0 Å². The number of non-ortho nitro benzene ring substituents is 1. The fourth-order valence-electron chi connectivity index (χ4n) is 4.92. The molecule has 1 saturated heterocycles. The Labute approximate surface area is 203 Å². The normalized spacial score (nSPS) is 20.6. The number of nitro groups is 1. The van der Waals surface area contributed by atoms with Gasteiger partial charge in [0.15, 0.2) is 0 Å². The summed E-state index contributed by atoms with van der Waals surface area (Å²) >= 11 is 0. The summed E-state index contributed by atoms with van der Waals surface area (Å²) in [6.45, 7) is 1.80. The minimum absolute atomic E-state index is 0.0226. The first-order valence-electron chi connectivity index (χ1n) is 10.9. The van der Waals surface area contributed by atoms with E-state index in [0.717, 1.165) is 19.1 Å². The van der Waals surface area contributed by atoms with Crippen molar-refractivity contribution in [3.63, 3.8) is 0 Å². The average Bonchev–Trinajstić information content (AvgIpc) is 3.41. The van der Waals surface area contributed by atoms with Crippen molar-refractivity contribution in [2.24, 2.45) is 11.8 Å². The van der Waals surface area contributed by atoms with Crippen LogP contribution in [-0.2, 0) is 25.5 Å². The van der Waals surface area contributed by atoms with Crippen molar-refractivity contribution in [2.75, 3.05) is 14.2 Å². The number of ether oxygens (including phenoxy) is 2. The summed E-state index contributed by atoms with van der Waals surface area (Å²) in [6, 6.07) is 5.13. The molecule has 0 aliphatic carbocycles. The zero-order chi connectivity index (χ0) is 26.3. The summed E-state index contributed by atoms with van der Waals surface area (Å²) in [4.78, 5) is 61.8. The molecule has 3 atom stereocenters. The number of rotatable bonds is 8. The largest absolute Gasteiger partial charge is 0.477 e. The smallest absolute Gasteiger partial charge is 0.377 e. The van der Waals surface area contributed by atoms with Crippen LogP contribution in [0.5, 0.6) is 0 Å². The van der Waals surface area contributed by atoms with Crippen LogP contribution in [0, 0.1) is 22.0 Å². The number of amides is 1. The third-order valence-corrected chi connectivity index (χ3v) is 6.50. The SMILES string of the molecule is CCC1C(=O)N2C(C(=O)O)=C(c3noc(C(=O)OC)c3C(=O)OC)C(Cc3ccc([N+](=O)[O-])cc3)C12. The van der Waals surface area contributed by atoms with Crippen molar-refractivity contribution < 1.29 is 43.2 Å². The number of nitrogens with zero attached hydrogens (tertiary/aromatic N) is 3. The van der Waals surface area contributed by atoms with E-state index in [1.807, 2.05) is 0 Å². The van der Waals surface area contributed by atoms with Crippen LogP contribution in [-0.4, -0.2) is 64.2 Å². The molecular formula is C23H21N3O10. The average molecular weight is 499 g/mol. The van der Waals surface area contributed by atoms with Crippen molar-refractivity contribution in [3.05, 3.63) is 62.7 Å². The molecular weight excluding hydrogens is 478 g/mol. The number of carboxylic acid groups (broad SMARTS) is 1. The molecule has 1 amide bonds. The van der Waals surface area contributed by atoms with Crippen LogP contribution in [0.1, 0.15) is 45.5 Å². The van der Waals surface area contributed by atoms with E-state index in [2.05, 4.69) is 9.89 Å². The second-order valence-electron chi connectivity index (χ2n) is 8.23. The van der Waals surface area contributed by atoms with Crippen LogP contribution in [0.3, 0.4) is 0 Å². The topological polar surface area (TPSA) is 179 Å². The van der Waals surface area contributed by atoms with Gasteiger partial charge in [-0.15, -0.1) is 0 Å². The van der Waals surface area contributed by atoms with Crippen LogP contribution in [0.4, 0.5) is 5.69 Å². The lowest BCUT2D eigenvalue weighted by Gasteiger charge is -2.45. The van der Waals surface area contributed by atoms with E-state index >= 15 is 0 Å². The fourth-order valence-corrected chi connectivity index (χ4v) is 4.92. The molecule has 0 saturated carbocycles. The van der Waals surface area contributed by atoms with Gasteiger partial charge in [0.2, 0.25) is 5.91 Å². The number of benzene rings is 1. The highest BCUT2D eigenvalue weighted by molar-refractivity contribution is 6.10. The second kappa shape index (κ2) is 9.24. The van der Waals surface area contributed by atoms with Gasteiger partial charge in [-0.1, -0.05) is 24.2 Å². The third kappa shape index (κ3) is 3.68. The maximum atomic E-state index is 12.9. The Bertz CT molecular complexity index is 1310. The first kappa shape index (κ1) is 24.6. The molecule has 2 aliphatic heterocycles. The quantitative estimate of drug-likeness (QED) is 0.243. The summed E-state index contributed by atoms with van der Waals surface area (Å²) in [7, 11) is 2.14. The third-order valence-electron chi connectivity index (χ3n) is 6.50. The van der Waals surface area contributed by atoms with E-state index in [1.165, 1.54) is 24.3 Å². The number of aliphatic carboxylic acids is 1. The van der Waals surface area contributed by atoms with Gasteiger partial charge in [-0.25, -0.2) is 14.4 Å². The van der Waals surface area contributed by atoms with Gasteiger partial charge in [0.1, 0.15) is 17.0 Å². The number of methoxy groups -OCH3 is 2. The van der Waals surface area contributed by atoms with Gasteiger partial charge in [0.05, 0.1) is 31.1 Å². The minimum atomic E-state index is -1.43. The predicted molar refractivity (Wildman–Crippen MR) is 118 cm³/mol. The highest BCUT2D eigenvalue weighted by Crippen LogP contribution is 2.52. The van der Waals surface area contributed by atoms with Crippen molar-refractivity contribution in [1.29, 1.82) is 0 Å². The molecule has 2 aromatic rings. The zero-order valence-corrected chi connectivity index (χ0v) is 19.4. The minimum Gasteiger partial charge on any atom is -0.477 e. The molecule has 188 valence electrons. The molecule has 1 N–H and O–H groups in total. The van der Waals surface area contributed by atoms with E-state index in [-0.39, 0.29) is 35.0 Å². The van der Waals surface area contributed by atoms with Crippen LogP contribution in [0.25, 0.3) is 5.57 Å². The van der Waals surface area contributed by atoms with Crippen molar-refractivity contribution in [3.8, 4) is 0 Å². The maximum Gasteiger partial charge on any atom is 0.377 e. The van der Waals surface area contributed by atoms with Gasteiger partial charge in [0, 0.05) is 23.6 Å². The molecule has 1 aromatic carbocycles. The van der Waals surface area contributed by atoms with Crippen molar-refractivity contribution in [1.82, 2.24) is 10.1 Å². The Balaban J connectivity index is 1.91. The van der Waals surface area contributed by atoms with Crippen molar-refractivity contribution in [2.45, 2.75) is 25.8 Å². The molecule has 3 heterocycles. The van der Waals surface area contributed by atoms with Gasteiger partial charge >= 0.3 is 17.9 Å². The van der Waals surface area contributed by atoms with Gasteiger partial charge in [0.25, 0.3) is 11.4 Å². The van der Waals surface area contributed by atoms with Crippen molar-refractivity contribution >= 4 is 35.1 Å². The summed E-state index contributed by atoms with van der Waals surface area (Å²) in [5.41, 5.74) is -0.518. The van der Waals surface area contributed by atoms with E-state index in [9.17, 15) is 34.4 Å². The Morgan fingerprint density at radius 1 is 1.14 bits per heavy atom. The van der Waals surface area contributed by atoms with Crippen LogP contribution in [0.15, 0.2) is 34.5 Å². The Morgan fingerprint density at radius 2 is 1.78 bits per heavy atom. The number of carbonyl (C=O) groups excluding carboxylic acids is 3. The predicted octanol–water partition coefficient (Wildman–Crippen LogP) is 2.06. The van der Waals surface area contributed by atoms with E-state index < -0.39 is 52.0 Å². The lowest BCUT2D eigenvalue weighted by atomic mass is 9.75. The van der Waals surface area contributed by atoms with E-state index in [4.69, 9.17) is 9.26 Å². The lowest BCUT2D eigenvalue weighted by Crippen LogP contribution is -2.60. The molecule has 4 rings (SSSR count). The first-order chi connectivity index (χ1) is 17.2. The van der Waals surface area contributed by atoms with Gasteiger partial charge in [-0.3, -0.25) is 14.9 Å². The number of hydrogen-bond acceptors (Lipinski definition) is 10. The molecule has 13 heteroatoms. The molecule has 0 bridgehead atoms. The maximum absolute atomic E-state index is 12.9. The zero-order valence-electron chi connectivity index (χ0n) is 19.4. The summed E-state index contributed by atoms with van der Waals surface area (Å²) in [5, 5.41) is 25.0. The Hall–Kier alpha value is -4.55. The molecule has 1 aromatic heterocycles. The number of aromatic nitrogens is 1. The van der Waals surface area contributed by atoms with Gasteiger partial charge in [-0.2, -0.15) is 0 Å². The number of nitro benzene ring substituents is 1. The number of carboxylic acids is 1. The second-order valence-corrected chi connectivity index (χ2v) is 8.23. The highest BCUT2D eigenvalue weighted by Gasteiger charge is 2.60. The molecule has 13 nitrogen and oxygen atoms in total. The highest BCUT2D eigenvalue weighted by atomic mass is 16.6. The van der Waals surface area contributed by atoms with Crippen LogP contribution < -0.4 is 0 Å². The fraction of sp³-hybridized carbons (Fsp3) is 0.348. The summed E-state index contributed by atoms with van der Waals surface area (Å²) in [5.74, 6) is -5.60. The lowest BCUT2D eigenvalue weighted by molar-refractivity contribution is -0.384. The van der Waals surface area contributed by atoms with E-state index in [1.54, 1.807) is 6.92 Å². The standard InChI is InChI=1S/C23H21N3O10/c1-4-12-17-13(9-10-5-7-11(8-6-10)26(32)33)14(18(21(28)29)25(17)20(12)27)16-15(22(30)34-2)19(36-24-16)23(31)35-3/h5-8,12-13,17H,4,9H2,1-3H3,(H,28,29). The number of esters is 2. The number of fused-ring (bicyclic) bond motifs is 1. The number of carbonyl (C=O) groups is 4. The molecule has 0 spiro atoms.